The normalized spacial score (nSPS) is 10.5. The van der Waals surface area contributed by atoms with E-state index in [1.165, 1.54) is 24.3 Å². The average molecular weight is 500 g/mol. The topological polar surface area (TPSA) is 162 Å². The Bertz CT molecular complexity index is 1500. The van der Waals surface area contributed by atoms with Crippen LogP contribution in [-0.4, -0.2) is 31.4 Å². The van der Waals surface area contributed by atoms with Crippen LogP contribution in [0.2, 0.25) is 0 Å². The zero-order valence-corrected chi connectivity index (χ0v) is 19.7. The molecule has 0 spiro atoms. The third kappa shape index (κ3) is 5.32. The van der Waals surface area contributed by atoms with Gasteiger partial charge in [0.15, 0.2) is 0 Å². The van der Waals surface area contributed by atoms with Crippen LogP contribution in [0.5, 0.6) is 0 Å². The Morgan fingerprint density at radius 1 is 0.784 bits per heavy atom. The highest BCUT2D eigenvalue weighted by atomic mass is 16.6. The molecule has 3 aromatic carbocycles. The molecular weight excluding hydrogens is 480 g/mol. The van der Waals surface area contributed by atoms with E-state index in [1.54, 1.807) is 11.6 Å². The van der Waals surface area contributed by atoms with Crippen molar-refractivity contribution in [2.45, 2.75) is 13.8 Å². The molecule has 0 fully saturated rings. The van der Waals surface area contributed by atoms with Crippen molar-refractivity contribution >= 4 is 34.6 Å². The molecule has 0 atom stereocenters. The summed E-state index contributed by atoms with van der Waals surface area (Å²) in [5, 5.41) is 32.0. The zero-order chi connectivity index (χ0) is 26.7. The molecule has 12 nitrogen and oxygen atoms in total. The van der Waals surface area contributed by atoms with E-state index >= 15 is 0 Å². The summed E-state index contributed by atoms with van der Waals surface area (Å²) in [6.07, 6.45) is 0. The van der Waals surface area contributed by atoms with Crippen LogP contribution in [0, 0.1) is 34.1 Å². The Balaban J connectivity index is 1.49. The van der Waals surface area contributed by atoms with Crippen molar-refractivity contribution in [3.05, 3.63) is 116 Å². The number of anilines is 2. The summed E-state index contributed by atoms with van der Waals surface area (Å²) in [5.74, 6) is -1.16. The smallest absolute Gasteiger partial charge is 0.277 e. The van der Waals surface area contributed by atoms with Crippen molar-refractivity contribution < 1.29 is 19.4 Å². The van der Waals surface area contributed by atoms with E-state index in [9.17, 15) is 29.8 Å². The van der Waals surface area contributed by atoms with E-state index in [0.717, 1.165) is 29.6 Å². The average Bonchev–Trinajstić information content (AvgIpc) is 3.17. The third-order valence-corrected chi connectivity index (χ3v) is 5.52. The molecule has 0 aliphatic carbocycles. The van der Waals surface area contributed by atoms with E-state index in [1.807, 2.05) is 37.3 Å². The number of aryl methyl sites for hydroxylation is 1. The Labute approximate surface area is 209 Å². The monoisotopic (exact) mass is 500 g/mol. The van der Waals surface area contributed by atoms with Gasteiger partial charge in [-0.05, 0) is 50.2 Å². The molecule has 0 unspecified atom stereocenters. The minimum Gasteiger partial charge on any atom is -0.322 e. The third-order valence-electron chi connectivity index (χ3n) is 5.52. The molecule has 4 aromatic rings. The van der Waals surface area contributed by atoms with Gasteiger partial charge in [-0.25, -0.2) is 4.68 Å². The Kier molecular flexibility index (Phi) is 6.73. The van der Waals surface area contributed by atoms with Gasteiger partial charge in [0.2, 0.25) is 0 Å². The molecular formula is C25H20N6O6. The second-order valence-electron chi connectivity index (χ2n) is 8.03. The molecule has 2 N–H and O–H groups in total. The SMILES string of the molecule is Cc1nn(-c2ccccc2)c(C)c1NC(=O)c1ccc(NC(=O)c2cc([N+](=O)[O-])cc([N+](=O)[O-])c2)cc1. The second-order valence-corrected chi connectivity index (χ2v) is 8.03. The minimum absolute atomic E-state index is 0.246. The number of carbonyl (C=O) groups is 2. The molecule has 0 aliphatic heterocycles. The number of nitrogens with zero attached hydrogens (tertiary/aromatic N) is 4. The van der Waals surface area contributed by atoms with Crippen LogP contribution in [0.15, 0.2) is 72.8 Å². The van der Waals surface area contributed by atoms with Gasteiger partial charge in [0.05, 0.1) is 44.2 Å². The predicted molar refractivity (Wildman–Crippen MR) is 135 cm³/mol. The highest BCUT2D eigenvalue weighted by Gasteiger charge is 2.20. The maximum atomic E-state index is 12.9. The van der Waals surface area contributed by atoms with Gasteiger partial charge in [-0.1, -0.05) is 18.2 Å². The number of hydrogen-bond donors (Lipinski definition) is 2. The summed E-state index contributed by atoms with van der Waals surface area (Å²) in [4.78, 5) is 45.9. The first-order valence-electron chi connectivity index (χ1n) is 10.9. The van der Waals surface area contributed by atoms with E-state index in [2.05, 4.69) is 15.7 Å². The molecule has 37 heavy (non-hydrogen) atoms. The first-order chi connectivity index (χ1) is 17.6. The van der Waals surface area contributed by atoms with Crippen molar-refractivity contribution in [2.75, 3.05) is 10.6 Å². The number of benzene rings is 3. The number of aromatic nitrogens is 2. The molecule has 0 aliphatic rings. The van der Waals surface area contributed by atoms with Gasteiger partial charge in [0.1, 0.15) is 0 Å². The van der Waals surface area contributed by atoms with Crippen molar-refractivity contribution in [1.29, 1.82) is 0 Å². The summed E-state index contributed by atoms with van der Waals surface area (Å²) < 4.78 is 1.74. The summed E-state index contributed by atoms with van der Waals surface area (Å²) in [6.45, 7) is 3.64. The number of carbonyl (C=O) groups excluding carboxylic acids is 2. The first-order valence-corrected chi connectivity index (χ1v) is 10.9. The van der Waals surface area contributed by atoms with E-state index in [0.29, 0.717) is 22.6 Å². The number of amides is 2. The number of nitro groups is 2. The van der Waals surface area contributed by atoms with Gasteiger partial charge in [0, 0.05) is 23.4 Å². The quantitative estimate of drug-likeness (QED) is 0.272. The number of rotatable bonds is 7. The lowest BCUT2D eigenvalue weighted by molar-refractivity contribution is -0.394. The maximum Gasteiger partial charge on any atom is 0.277 e. The maximum absolute atomic E-state index is 12.9. The first kappa shape index (κ1) is 24.7. The lowest BCUT2D eigenvalue weighted by atomic mass is 10.1. The van der Waals surface area contributed by atoms with Crippen molar-refractivity contribution in [1.82, 2.24) is 9.78 Å². The number of para-hydroxylation sites is 1. The fourth-order valence-electron chi connectivity index (χ4n) is 3.68. The van der Waals surface area contributed by atoms with Gasteiger partial charge in [-0.15, -0.1) is 0 Å². The highest BCUT2D eigenvalue weighted by molar-refractivity contribution is 6.07. The van der Waals surface area contributed by atoms with E-state index < -0.39 is 27.1 Å². The fraction of sp³-hybridized carbons (Fsp3) is 0.0800. The van der Waals surface area contributed by atoms with Gasteiger partial charge in [-0.2, -0.15) is 5.10 Å². The molecule has 0 bridgehead atoms. The van der Waals surface area contributed by atoms with E-state index in [4.69, 9.17) is 0 Å². The molecule has 186 valence electrons. The molecule has 0 saturated carbocycles. The number of nitrogens with one attached hydrogen (secondary N) is 2. The van der Waals surface area contributed by atoms with E-state index in [-0.39, 0.29) is 11.5 Å². The standard InChI is InChI=1S/C25H20N6O6/c1-15-23(16(2)29(28-15)20-6-4-3-5-7-20)27-24(32)17-8-10-19(11-9-17)26-25(33)18-12-21(30(34)35)14-22(13-18)31(36)37/h3-14H,1-2H3,(H,26,33)(H,27,32). The lowest BCUT2D eigenvalue weighted by Gasteiger charge is -2.09. The number of nitro benzene ring substituents is 2. The van der Waals surface area contributed by atoms with Crippen molar-refractivity contribution in [2.24, 2.45) is 0 Å². The van der Waals surface area contributed by atoms with Crippen LogP contribution < -0.4 is 10.6 Å². The predicted octanol–water partition coefficient (Wildman–Crippen LogP) is 4.81. The fourth-order valence-corrected chi connectivity index (χ4v) is 3.68. The summed E-state index contributed by atoms with van der Waals surface area (Å²) in [7, 11) is 0. The largest absolute Gasteiger partial charge is 0.322 e. The number of hydrogen-bond acceptors (Lipinski definition) is 7. The molecule has 1 heterocycles. The van der Waals surface area contributed by atoms with Crippen molar-refractivity contribution in [3.63, 3.8) is 0 Å². The lowest BCUT2D eigenvalue weighted by Crippen LogP contribution is -2.15. The molecule has 1 aromatic heterocycles. The van der Waals surface area contributed by atoms with Crippen LogP contribution in [-0.2, 0) is 0 Å². The Morgan fingerprint density at radius 2 is 1.35 bits per heavy atom. The molecule has 0 saturated heterocycles. The molecule has 0 radical (unpaired) electrons. The van der Waals surface area contributed by atoms with Gasteiger partial charge < -0.3 is 10.6 Å². The summed E-state index contributed by atoms with van der Waals surface area (Å²) in [5.41, 5.74) is 2.05. The van der Waals surface area contributed by atoms with Crippen LogP contribution in [0.4, 0.5) is 22.7 Å². The Morgan fingerprint density at radius 3 is 1.92 bits per heavy atom. The van der Waals surface area contributed by atoms with Crippen LogP contribution >= 0.6 is 0 Å². The van der Waals surface area contributed by atoms with Gasteiger partial charge in [-0.3, -0.25) is 29.8 Å². The highest BCUT2D eigenvalue weighted by Crippen LogP contribution is 2.25. The second kappa shape index (κ2) is 10.1. The molecule has 4 rings (SSSR count). The van der Waals surface area contributed by atoms with Crippen LogP contribution in [0.3, 0.4) is 0 Å². The van der Waals surface area contributed by atoms with Crippen LogP contribution in [0.25, 0.3) is 5.69 Å². The molecule has 2 amide bonds. The number of non-ortho nitro benzene ring substituents is 2. The summed E-state index contributed by atoms with van der Waals surface area (Å²) in [6, 6.07) is 18.1. The van der Waals surface area contributed by atoms with Crippen molar-refractivity contribution in [3.8, 4) is 5.69 Å². The zero-order valence-electron chi connectivity index (χ0n) is 19.7. The van der Waals surface area contributed by atoms with Crippen LogP contribution in [0.1, 0.15) is 32.1 Å². The summed E-state index contributed by atoms with van der Waals surface area (Å²) >= 11 is 0. The Hall–Kier alpha value is -5.39. The minimum atomic E-state index is -0.815. The van der Waals surface area contributed by atoms with Gasteiger partial charge in [0.25, 0.3) is 23.2 Å². The molecule has 12 heteroatoms. The van der Waals surface area contributed by atoms with Gasteiger partial charge >= 0.3 is 0 Å².